The van der Waals surface area contributed by atoms with Crippen molar-refractivity contribution < 1.29 is 5.11 Å². The zero-order chi connectivity index (χ0) is 14.5. The van der Waals surface area contributed by atoms with Gasteiger partial charge in [-0.25, -0.2) is 0 Å². The van der Waals surface area contributed by atoms with Crippen LogP contribution in [0.5, 0.6) is 5.75 Å². The fourth-order valence-electron chi connectivity index (χ4n) is 1.55. The molecule has 2 rings (SSSR count). The van der Waals surface area contributed by atoms with E-state index in [1.54, 1.807) is 6.92 Å². The van der Waals surface area contributed by atoms with Crippen LogP contribution in [0.25, 0.3) is 5.57 Å². The molecule has 0 fully saturated rings. The Morgan fingerprint density at radius 2 is 2.25 bits per heavy atom. The van der Waals surface area contributed by atoms with Crippen molar-refractivity contribution in [3.8, 4) is 17.9 Å². The second kappa shape index (κ2) is 5.50. The zero-order valence-electron chi connectivity index (χ0n) is 10.4. The molecule has 0 unspecified atom stereocenters. The minimum Gasteiger partial charge on any atom is -0.508 e. The van der Waals surface area contributed by atoms with Crippen LogP contribution in [-0.2, 0) is 0 Å². The second-order valence-corrected chi connectivity index (χ2v) is 3.79. The Balaban J connectivity index is 2.38. The van der Waals surface area contributed by atoms with Crippen molar-refractivity contribution in [1.82, 2.24) is 20.6 Å². The van der Waals surface area contributed by atoms with Crippen LogP contribution in [0.3, 0.4) is 0 Å². The number of tetrazole rings is 1. The number of nitrogens with zero attached hydrogens (tertiary/aromatic N) is 5. The summed E-state index contributed by atoms with van der Waals surface area (Å²) in [7, 11) is 0. The summed E-state index contributed by atoms with van der Waals surface area (Å²) in [4.78, 5) is 0. The quantitative estimate of drug-likeness (QED) is 0.707. The van der Waals surface area contributed by atoms with E-state index < -0.39 is 0 Å². The summed E-state index contributed by atoms with van der Waals surface area (Å²) in [5.41, 5.74) is 1.42. The van der Waals surface area contributed by atoms with E-state index in [4.69, 9.17) is 10.5 Å². The molecule has 0 saturated heterocycles. The monoisotopic (exact) mass is 267 g/mol. The van der Waals surface area contributed by atoms with E-state index in [1.807, 2.05) is 12.1 Å². The number of phenolic OH excluding ortho intramolecular Hbond substituents is 1. The average molecular weight is 267 g/mol. The van der Waals surface area contributed by atoms with Crippen LogP contribution in [-0.4, -0.2) is 25.7 Å². The van der Waals surface area contributed by atoms with Crippen molar-refractivity contribution in [3.63, 3.8) is 0 Å². The maximum atomic E-state index is 9.65. The maximum Gasteiger partial charge on any atom is 0.216 e. The van der Waals surface area contributed by atoms with Crippen molar-refractivity contribution >= 4 is 11.3 Å². The molecule has 98 valence electrons. The van der Waals surface area contributed by atoms with Gasteiger partial charge in [-0.15, -0.1) is 10.2 Å². The van der Waals surface area contributed by atoms with Crippen LogP contribution in [0.2, 0.25) is 0 Å². The Labute approximate surface area is 114 Å². The number of hydrogen-bond donors (Lipinski definition) is 3. The van der Waals surface area contributed by atoms with Gasteiger partial charge in [-0.1, -0.05) is 0 Å². The maximum absolute atomic E-state index is 9.65. The second-order valence-electron chi connectivity index (χ2n) is 3.79. The van der Waals surface area contributed by atoms with Gasteiger partial charge in [-0.2, -0.15) is 15.7 Å². The largest absolute Gasteiger partial charge is 0.508 e. The topological polar surface area (TPSA) is 134 Å². The van der Waals surface area contributed by atoms with Crippen molar-refractivity contribution in [2.24, 2.45) is 0 Å². The van der Waals surface area contributed by atoms with Gasteiger partial charge < -0.3 is 10.4 Å². The third-order valence-electron chi connectivity index (χ3n) is 2.62. The van der Waals surface area contributed by atoms with Gasteiger partial charge in [0, 0.05) is 11.8 Å². The fourth-order valence-corrected chi connectivity index (χ4v) is 1.55. The number of H-pyrrole nitrogens is 1. The lowest BCUT2D eigenvalue weighted by Gasteiger charge is -2.09. The Morgan fingerprint density at radius 1 is 1.45 bits per heavy atom. The summed E-state index contributed by atoms with van der Waals surface area (Å²) in [6.45, 7) is 1.66. The summed E-state index contributed by atoms with van der Waals surface area (Å²) in [5, 5.41) is 43.5. The molecule has 0 aliphatic carbocycles. The highest BCUT2D eigenvalue weighted by Gasteiger charge is 2.10. The number of benzene rings is 1. The molecule has 0 aliphatic heterocycles. The minimum absolute atomic E-state index is 0.0537. The Kier molecular flexibility index (Phi) is 3.59. The van der Waals surface area contributed by atoms with E-state index in [0.717, 1.165) is 0 Å². The first kappa shape index (κ1) is 13.1. The minimum atomic E-state index is 0.0537. The molecule has 8 heteroatoms. The summed E-state index contributed by atoms with van der Waals surface area (Å²) in [5.74, 6) is 0.189. The number of anilines is 1. The molecule has 8 nitrogen and oxygen atoms in total. The normalized spacial score (nSPS) is 10.7. The molecule has 20 heavy (non-hydrogen) atoms. The van der Waals surface area contributed by atoms with Crippen LogP contribution < -0.4 is 5.32 Å². The van der Waals surface area contributed by atoms with Crippen LogP contribution in [0.4, 0.5) is 5.69 Å². The summed E-state index contributed by atoms with van der Waals surface area (Å²) < 4.78 is 0. The number of phenols is 1. The smallest absolute Gasteiger partial charge is 0.216 e. The van der Waals surface area contributed by atoms with Gasteiger partial charge in [0.1, 0.15) is 23.5 Å². The van der Waals surface area contributed by atoms with Crippen LogP contribution in [0, 0.1) is 29.6 Å². The molecule has 1 aromatic heterocycles. The van der Waals surface area contributed by atoms with Gasteiger partial charge in [0.25, 0.3) is 0 Å². The summed E-state index contributed by atoms with van der Waals surface area (Å²) in [6, 6.07) is 6.84. The fraction of sp³-hybridized carbons (Fsp3) is 0.0833. The molecular weight excluding hydrogens is 258 g/mol. The predicted octanol–water partition coefficient (Wildman–Crippen LogP) is 1.06. The first-order valence-electron chi connectivity index (χ1n) is 5.50. The molecule has 0 saturated carbocycles. The number of allylic oxidation sites excluding steroid dienone is 1. The van der Waals surface area contributed by atoms with Crippen molar-refractivity contribution in [1.29, 1.82) is 10.5 Å². The number of aromatic amines is 1. The third kappa shape index (κ3) is 2.40. The highest BCUT2D eigenvalue weighted by molar-refractivity contribution is 5.76. The Hall–Kier alpha value is -3.39. The Morgan fingerprint density at radius 3 is 2.85 bits per heavy atom. The standard InChI is InChI=1S/C12H9N7O/c1-7-10(20)3-2-8(4-13)11(7)15-6-9(5-14)12-16-18-19-17-12/h2-3,6,15,20H,1H3,(H,16,17,18,19). The van der Waals surface area contributed by atoms with E-state index in [9.17, 15) is 5.11 Å². The number of aromatic nitrogens is 4. The van der Waals surface area contributed by atoms with E-state index in [0.29, 0.717) is 16.8 Å². The average Bonchev–Trinajstić information content (AvgIpc) is 2.98. The Bertz CT molecular complexity index is 734. The number of nitriles is 2. The highest BCUT2D eigenvalue weighted by atomic mass is 16.3. The molecule has 3 N–H and O–H groups in total. The van der Waals surface area contributed by atoms with E-state index in [1.165, 1.54) is 18.3 Å². The molecule has 0 amide bonds. The molecule has 0 aliphatic rings. The van der Waals surface area contributed by atoms with Gasteiger partial charge in [0.2, 0.25) is 5.82 Å². The number of rotatable bonds is 3. The number of hydrogen-bond acceptors (Lipinski definition) is 7. The van der Waals surface area contributed by atoms with E-state index >= 15 is 0 Å². The first-order chi connectivity index (χ1) is 9.67. The van der Waals surface area contributed by atoms with Gasteiger partial charge in [0.05, 0.1) is 11.3 Å². The molecule has 2 aromatic rings. The van der Waals surface area contributed by atoms with Gasteiger partial charge in [-0.05, 0) is 24.3 Å². The highest BCUT2D eigenvalue weighted by Crippen LogP contribution is 2.28. The lowest BCUT2D eigenvalue weighted by molar-refractivity contribution is 0.471. The molecule has 0 radical (unpaired) electrons. The van der Waals surface area contributed by atoms with Crippen molar-refractivity contribution in [3.05, 3.63) is 35.3 Å². The molecule has 0 atom stereocenters. The molecule has 0 bridgehead atoms. The first-order valence-corrected chi connectivity index (χ1v) is 5.50. The van der Waals surface area contributed by atoms with Crippen molar-refractivity contribution in [2.45, 2.75) is 6.92 Å². The molecule has 1 heterocycles. The predicted molar refractivity (Wildman–Crippen MR) is 68.9 cm³/mol. The SMILES string of the molecule is Cc1c(O)ccc(C#N)c1NC=C(C#N)c1nn[nH]n1. The van der Waals surface area contributed by atoms with Gasteiger partial charge in [-0.3, -0.25) is 0 Å². The van der Waals surface area contributed by atoms with Crippen molar-refractivity contribution in [2.75, 3.05) is 5.32 Å². The molecule has 0 spiro atoms. The van der Waals surface area contributed by atoms with E-state index in [2.05, 4.69) is 25.9 Å². The summed E-state index contributed by atoms with van der Waals surface area (Å²) in [6.07, 6.45) is 1.35. The van der Waals surface area contributed by atoms with Crippen LogP contribution in [0.1, 0.15) is 17.0 Å². The molecular formula is C12H9N7O. The lowest BCUT2D eigenvalue weighted by Crippen LogP contribution is -1.98. The van der Waals surface area contributed by atoms with Crippen LogP contribution >= 0.6 is 0 Å². The lowest BCUT2D eigenvalue weighted by atomic mass is 10.1. The number of aromatic hydroxyl groups is 1. The van der Waals surface area contributed by atoms with Gasteiger partial charge in [0.15, 0.2) is 0 Å². The number of nitrogens with one attached hydrogen (secondary N) is 2. The zero-order valence-corrected chi connectivity index (χ0v) is 10.4. The van der Waals surface area contributed by atoms with Gasteiger partial charge >= 0.3 is 0 Å². The van der Waals surface area contributed by atoms with E-state index in [-0.39, 0.29) is 17.1 Å². The van der Waals surface area contributed by atoms with Crippen LogP contribution in [0.15, 0.2) is 18.3 Å². The summed E-state index contributed by atoms with van der Waals surface area (Å²) >= 11 is 0. The third-order valence-corrected chi connectivity index (χ3v) is 2.62. The molecule has 1 aromatic carbocycles.